The van der Waals surface area contributed by atoms with Crippen molar-refractivity contribution in [2.75, 3.05) is 61.2 Å². The molecule has 0 aliphatic rings. The third-order valence-electron chi connectivity index (χ3n) is 5.96. The lowest BCUT2D eigenvalue weighted by Gasteiger charge is -2.28. The van der Waals surface area contributed by atoms with E-state index in [4.69, 9.17) is 18.5 Å². The third kappa shape index (κ3) is 20.0. The fourth-order valence-corrected chi connectivity index (χ4v) is 5.01. The van der Waals surface area contributed by atoms with Crippen molar-refractivity contribution in [2.45, 2.75) is 76.7 Å². The van der Waals surface area contributed by atoms with Gasteiger partial charge in [-0.2, -0.15) is 0 Å². The highest BCUT2D eigenvalue weighted by atomic mass is 125. The van der Waals surface area contributed by atoms with Crippen LogP contribution >= 0.6 is 30.4 Å². The van der Waals surface area contributed by atoms with Crippen LogP contribution in [0.5, 0.6) is 0 Å². The van der Waals surface area contributed by atoms with Gasteiger partial charge in [-0.05, 0) is 59.5 Å². The summed E-state index contributed by atoms with van der Waals surface area (Å²) in [6, 6.07) is 8.81. The van der Waals surface area contributed by atoms with E-state index >= 15 is 0 Å². The zero-order valence-electron chi connectivity index (χ0n) is 22.9. The Morgan fingerprint density at radius 3 is 2.08 bits per heavy atom. The number of ether oxygens (including phenoxy) is 2. The lowest BCUT2D eigenvalue weighted by atomic mass is 10.0. The maximum atomic E-state index is 11.9. The number of nitrogens with zero attached hydrogens (tertiary/aromatic N) is 1. The minimum Gasteiger partial charge on any atom is -0.756 e. The molecule has 36 heavy (non-hydrogen) atoms. The van der Waals surface area contributed by atoms with Crippen molar-refractivity contribution < 1.29 is 32.5 Å². The van der Waals surface area contributed by atoms with Gasteiger partial charge in [-0.25, -0.2) is 0 Å². The molecule has 0 fully saturated rings. The van der Waals surface area contributed by atoms with E-state index in [9.17, 15) is 9.46 Å². The Kier molecular flexibility index (Phi) is 18.8. The molecule has 0 aliphatic heterocycles. The Bertz CT molecular complexity index is 730. The highest BCUT2D eigenvalue weighted by molar-refractivity contribution is 14.1. The predicted molar refractivity (Wildman–Crippen MR) is 153 cm³/mol. The molecule has 0 amide bonds. The van der Waals surface area contributed by atoms with Gasteiger partial charge in [-0.15, -0.1) is 0 Å². The average molecular weight is 640 g/mol. The predicted octanol–water partition coefficient (Wildman–Crippen LogP) is 5.97. The van der Waals surface area contributed by atoms with E-state index in [1.54, 1.807) is 0 Å². The zero-order valence-corrected chi connectivity index (χ0v) is 26.0. The van der Waals surface area contributed by atoms with Gasteiger partial charge in [0.25, 0.3) is 7.82 Å². The van der Waals surface area contributed by atoms with Crippen LogP contribution in [0.4, 0.5) is 0 Å². The van der Waals surface area contributed by atoms with Crippen molar-refractivity contribution in [3.63, 3.8) is 0 Å². The van der Waals surface area contributed by atoms with Gasteiger partial charge in [0, 0.05) is 17.3 Å². The summed E-state index contributed by atoms with van der Waals surface area (Å²) in [4.78, 5) is 11.9. The summed E-state index contributed by atoms with van der Waals surface area (Å²) in [7, 11) is 3.10. The Morgan fingerprint density at radius 1 is 0.889 bits per heavy atom. The second-order valence-electron chi connectivity index (χ2n) is 10.4. The van der Waals surface area contributed by atoms with E-state index in [1.807, 2.05) is 21.1 Å². The van der Waals surface area contributed by atoms with E-state index in [1.165, 1.54) is 74.0 Å². The molecule has 210 valence electrons. The number of quaternary nitrogens is 1. The highest BCUT2D eigenvalue weighted by Crippen LogP contribution is 2.38. The van der Waals surface area contributed by atoms with Crippen LogP contribution in [-0.4, -0.2) is 71.8 Å². The zero-order chi connectivity index (χ0) is 26.7. The molecule has 0 heterocycles. The van der Waals surface area contributed by atoms with Gasteiger partial charge < -0.3 is 27.9 Å². The van der Waals surface area contributed by atoms with Crippen molar-refractivity contribution in [3.8, 4) is 0 Å². The summed E-state index contributed by atoms with van der Waals surface area (Å²) < 4.78 is 34.6. The Balaban J connectivity index is 1.92. The van der Waals surface area contributed by atoms with Crippen molar-refractivity contribution >= 4 is 30.4 Å². The molecule has 1 unspecified atom stereocenters. The van der Waals surface area contributed by atoms with E-state index < -0.39 is 13.9 Å². The van der Waals surface area contributed by atoms with Crippen molar-refractivity contribution in [3.05, 3.63) is 33.4 Å². The van der Waals surface area contributed by atoms with E-state index in [-0.39, 0.29) is 13.2 Å². The van der Waals surface area contributed by atoms with Gasteiger partial charge in [-0.3, -0.25) is 4.57 Å². The van der Waals surface area contributed by atoms with Gasteiger partial charge >= 0.3 is 0 Å². The summed E-state index contributed by atoms with van der Waals surface area (Å²) in [5.41, 5.74) is 1.46. The SMILES string of the molecule is CO[C@@H](COCCCCCCCCCCCCc1cccc([125I])c1)COP(=O)([O-])OCC[N+](C)(C)C. The number of hydrogen-bond donors (Lipinski definition) is 0. The molecule has 0 aliphatic carbocycles. The second-order valence-corrected chi connectivity index (χ2v) is 13.1. The van der Waals surface area contributed by atoms with Gasteiger partial charge in [-0.1, -0.05) is 63.5 Å². The number of phosphoric acid groups is 1. The second kappa shape index (κ2) is 19.9. The fourth-order valence-electron chi connectivity index (χ4n) is 3.68. The fraction of sp³-hybridized carbons (Fsp3) is 0.778. The summed E-state index contributed by atoms with van der Waals surface area (Å²) in [5.74, 6) is 0. The third-order valence-corrected chi connectivity index (χ3v) is 7.60. The molecule has 0 bridgehead atoms. The van der Waals surface area contributed by atoms with Gasteiger partial charge in [0.1, 0.15) is 19.3 Å². The monoisotopic (exact) mass is 639 g/mol. The van der Waals surface area contributed by atoms with Crippen LogP contribution < -0.4 is 4.89 Å². The molecule has 0 saturated carbocycles. The Hall–Kier alpha value is -0.0600. The number of phosphoric ester groups is 1. The van der Waals surface area contributed by atoms with Crippen LogP contribution in [0, 0.1) is 3.57 Å². The molecule has 0 spiro atoms. The molecule has 1 rings (SSSR count). The van der Waals surface area contributed by atoms with Crippen LogP contribution in [0.1, 0.15) is 69.8 Å². The number of hydrogen-bond acceptors (Lipinski definition) is 6. The van der Waals surface area contributed by atoms with E-state index in [0.717, 1.165) is 12.8 Å². The standard InChI is InChI=1S/C27H49INO6P/c1-29(2,3)19-21-34-36(30,31)35-24-27(32-4)23-33-20-14-12-10-8-6-5-7-9-11-13-16-25-17-15-18-26(28)22-25/h15,17-18,22,27H,5-14,16,19-21,23-24H2,1-4H3/t27-/m0/s1/i28-2. The van der Waals surface area contributed by atoms with Gasteiger partial charge in [0.05, 0.1) is 34.4 Å². The molecule has 1 aromatic carbocycles. The van der Waals surface area contributed by atoms with E-state index in [0.29, 0.717) is 24.2 Å². The van der Waals surface area contributed by atoms with Gasteiger partial charge in [0.15, 0.2) is 0 Å². The van der Waals surface area contributed by atoms with Gasteiger partial charge in [0.2, 0.25) is 0 Å². The van der Waals surface area contributed by atoms with Crippen LogP contribution in [0.2, 0.25) is 0 Å². The molecule has 2 atom stereocenters. The lowest BCUT2D eigenvalue weighted by molar-refractivity contribution is -0.870. The number of benzene rings is 1. The van der Waals surface area contributed by atoms with Crippen molar-refractivity contribution in [2.24, 2.45) is 0 Å². The van der Waals surface area contributed by atoms with Crippen LogP contribution in [0.25, 0.3) is 0 Å². The summed E-state index contributed by atoms with van der Waals surface area (Å²) in [6.07, 6.45) is 13.4. The minimum atomic E-state index is -4.33. The molecular formula is C27H49INO6P. The Morgan fingerprint density at radius 2 is 1.50 bits per heavy atom. The Labute approximate surface area is 233 Å². The first-order valence-corrected chi connectivity index (χ1v) is 15.9. The normalized spacial score (nSPS) is 14.6. The lowest BCUT2D eigenvalue weighted by Crippen LogP contribution is -2.37. The quantitative estimate of drug-likeness (QED) is 0.0636. The minimum absolute atomic E-state index is 0.0900. The number of methoxy groups -OCH3 is 1. The average Bonchev–Trinajstić information content (AvgIpc) is 2.80. The molecule has 0 N–H and O–H groups in total. The van der Waals surface area contributed by atoms with Crippen molar-refractivity contribution in [1.29, 1.82) is 0 Å². The highest BCUT2D eigenvalue weighted by Gasteiger charge is 2.16. The largest absolute Gasteiger partial charge is 0.756 e. The summed E-state index contributed by atoms with van der Waals surface area (Å²) in [6.45, 7) is 1.51. The smallest absolute Gasteiger partial charge is 0.268 e. The first-order chi connectivity index (χ1) is 17.1. The maximum absolute atomic E-state index is 11.9. The summed E-state index contributed by atoms with van der Waals surface area (Å²) >= 11 is 2.38. The number of halogens is 1. The van der Waals surface area contributed by atoms with Crippen LogP contribution in [0.3, 0.4) is 0 Å². The van der Waals surface area contributed by atoms with Crippen LogP contribution in [-0.2, 0) is 29.5 Å². The molecule has 1 aromatic rings. The number of unbranched alkanes of at least 4 members (excludes halogenated alkanes) is 9. The van der Waals surface area contributed by atoms with E-state index in [2.05, 4.69) is 46.9 Å². The van der Waals surface area contributed by atoms with Crippen LogP contribution in [0.15, 0.2) is 24.3 Å². The van der Waals surface area contributed by atoms with Crippen molar-refractivity contribution in [1.82, 2.24) is 0 Å². The molecule has 0 radical (unpaired) electrons. The maximum Gasteiger partial charge on any atom is 0.268 e. The molecule has 0 aromatic heterocycles. The molecular weight excluding hydrogens is 590 g/mol. The number of aryl methyl sites for hydroxylation is 1. The molecule has 9 heteroatoms. The first kappa shape index (κ1) is 34.0. The molecule has 7 nitrogen and oxygen atoms in total. The first-order valence-electron chi connectivity index (χ1n) is 13.4. The topological polar surface area (TPSA) is 77.1 Å². The summed E-state index contributed by atoms with van der Waals surface area (Å²) in [5, 5.41) is 0. The molecule has 0 saturated heterocycles. The number of likely N-dealkylation sites (N-methyl/N-ethyl adjacent to an activating group) is 1. The number of rotatable bonds is 23.